The maximum absolute atomic E-state index is 11.4. The summed E-state index contributed by atoms with van der Waals surface area (Å²) in [6, 6.07) is 0. The first-order valence-electron chi connectivity index (χ1n) is 8.66. The van der Waals surface area contributed by atoms with E-state index in [1.54, 1.807) is 6.92 Å². The minimum atomic E-state index is -0.943. The number of esters is 1. The second-order valence-corrected chi connectivity index (χ2v) is 6.69. The number of hydrogen-bond donors (Lipinski definition) is 3. The fourth-order valence-electron chi connectivity index (χ4n) is 2.89. The van der Waals surface area contributed by atoms with Gasteiger partial charge in [-0.1, -0.05) is 37.8 Å². The lowest BCUT2D eigenvalue weighted by atomic mass is 9.93. The molecule has 0 radical (unpaired) electrons. The van der Waals surface area contributed by atoms with Gasteiger partial charge in [0.25, 0.3) is 0 Å². The molecule has 144 valence electrons. The standard InChI is InChI=1S/C19H32O6/c1-13(9-14(2)10-15(3)11-18(22)23)7-5-6-8-17(21)16(12-20)19(24)25-4/h10-11,13,16-17,20-21H,5-9,12H2,1-4H3,(H,22,23)/b14-10+,15-11+/t13-,16+,17-/m0/s1. The number of carboxylic acids is 1. The number of unbranched alkanes of at least 4 members (excludes halogenated alkanes) is 1. The van der Waals surface area contributed by atoms with Crippen molar-refractivity contribution >= 4 is 11.9 Å². The van der Waals surface area contributed by atoms with Crippen molar-refractivity contribution in [2.24, 2.45) is 11.8 Å². The fraction of sp³-hybridized carbons (Fsp3) is 0.684. The Morgan fingerprint density at radius 3 is 2.24 bits per heavy atom. The van der Waals surface area contributed by atoms with Gasteiger partial charge in [0.05, 0.1) is 19.8 Å². The second kappa shape index (κ2) is 12.7. The highest BCUT2D eigenvalue weighted by Gasteiger charge is 2.26. The lowest BCUT2D eigenvalue weighted by molar-refractivity contribution is -0.151. The molecule has 0 aromatic carbocycles. The number of allylic oxidation sites excluding steroid dienone is 3. The van der Waals surface area contributed by atoms with E-state index >= 15 is 0 Å². The molecule has 25 heavy (non-hydrogen) atoms. The Bertz CT molecular complexity index is 480. The van der Waals surface area contributed by atoms with Gasteiger partial charge in [0.2, 0.25) is 0 Å². The Kier molecular flexibility index (Phi) is 11.8. The van der Waals surface area contributed by atoms with Crippen LogP contribution in [0.1, 0.15) is 52.9 Å². The minimum absolute atomic E-state index is 0.419. The van der Waals surface area contributed by atoms with Crippen molar-refractivity contribution < 1.29 is 29.6 Å². The molecule has 0 bridgehead atoms. The molecule has 0 aromatic heterocycles. The van der Waals surface area contributed by atoms with Crippen LogP contribution >= 0.6 is 0 Å². The van der Waals surface area contributed by atoms with E-state index in [0.29, 0.717) is 12.3 Å². The summed E-state index contributed by atoms with van der Waals surface area (Å²) in [4.78, 5) is 22.0. The highest BCUT2D eigenvalue weighted by Crippen LogP contribution is 2.20. The lowest BCUT2D eigenvalue weighted by Gasteiger charge is -2.19. The maximum atomic E-state index is 11.4. The van der Waals surface area contributed by atoms with E-state index in [2.05, 4.69) is 11.7 Å². The summed E-state index contributed by atoms with van der Waals surface area (Å²) in [5.41, 5.74) is 1.85. The molecule has 0 unspecified atom stereocenters. The van der Waals surface area contributed by atoms with Crippen LogP contribution in [-0.4, -0.2) is 47.1 Å². The molecular weight excluding hydrogens is 324 g/mol. The number of ether oxygens (including phenoxy) is 1. The Morgan fingerprint density at radius 1 is 1.12 bits per heavy atom. The summed E-state index contributed by atoms with van der Waals surface area (Å²) < 4.78 is 4.56. The van der Waals surface area contributed by atoms with Crippen LogP contribution < -0.4 is 0 Å². The lowest BCUT2D eigenvalue weighted by Crippen LogP contribution is -2.32. The molecule has 0 fully saturated rings. The molecule has 6 heteroatoms. The molecule has 0 aromatic rings. The first-order chi connectivity index (χ1) is 11.7. The third-order valence-electron chi connectivity index (χ3n) is 4.11. The van der Waals surface area contributed by atoms with Gasteiger partial charge < -0.3 is 20.1 Å². The van der Waals surface area contributed by atoms with Crippen molar-refractivity contribution in [3.63, 3.8) is 0 Å². The van der Waals surface area contributed by atoms with E-state index in [1.165, 1.54) is 13.2 Å². The maximum Gasteiger partial charge on any atom is 0.328 e. The van der Waals surface area contributed by atoms with Crippen LogP contribution in [0.3, 0.4) is 0 Å². The summed E-state index contributed by atoms with van der Waals surface area (Å²) in [6.07, 6.45) is 6.16. The first-order valence-corrected chi connectivity index (χ1v) is 8.66. The summed E-state index contributed by atoms with van der Waals surface area (Å²) >= 11 is 0. The van der Waals surface area contributed by atoms with Gasteiger partial charge in [-0.2, -0.15) is 0 Å². The van der Waals surface area contributed by atoms with Gasteiger partial charge in [-0.15, -0.1) is 0 Å². The summed E-state index contributed by atoms with van der Waals surface area (Å²) in [6.45, 7) is 5.47. The van der Waals surface area contributed by atoms with Gasteiger partial charge in [-0.3, -0.25) is 4.79 Å². The average Bonchev–Trinajstić information content (AvgIpc) is 2.50. The van der Waals surface area contributed by atoms with E-state index in [-0.39, 0.29) is 0 Å². The van der Waals surface area contributed by atoms with Gasteiger partial charge in [0, 0.05) is 6.08 Å². The number of hydrogen-bond acceptors (Lipinski definition) is 5. The van der Waals surface area contributed by atoms with Crippen LogP contribution in [0.4, 0.5) is 0 Å². The van der Waals surface area contributed by atoms with E-state index in [4.69, 9.17) is 10.2 Å². The van der Waals surface area contributed by atoms with E-state index in [0.717, 1.165) is 36.8 Å². The predicted octanol–water partition coefficient (Wildman–Crippen LogP) is 2.69. The normalized spacial score (nSPS) is 16.2. The summed E-state index contributed by atoms with van der Waals surface area (Å²) in [5.74, 6) is -1.97. The zero-order valence-electron chi connectivity index (χ0n) is 15.7. The third kappa shape index (κ3) is 10.7. The molecule has 0 saturated carbocycles. The number of carbonyl (C=O) groups is 2. The molecular formula is C19H32O6. The van der Waals surface area contributed by atoms with E-state index < -0.39 is 30.6 Å². The van der Waals surface area contributed by atoms with Crippen LogP contribution in [0.5, 0.6) is 0 Å². The molecule has 0 aliphatic heterocycles. The average molecular weight is 356 g/mol. The van der Waals surface area contributed by atoms with Gasteiger partial charge >= 0.3 is 11.9 Å². The number of carbonyl (C=O) groups excluding carboxylic acids is 1. The smallest absolute Gasteiger partial charge is 0.328 e. The predicted molar refractivity (Wildman–Crippen MR) is 96.0 cm³/mol. The van der Waals surface area contributed by atoms with Crippen molar-refractivity contribution in [1.82, 2.24) is 0 Å². The van der Waals surface area contributed by atoms with Crippen LogP contribution in [0, 0.1) is 11.8 Å². The Balaban J connectivity index is 4.19. The number of aliphatic carboxylic acids is 1. The molecule has 3 atom stereocenters. The quantitative estimate of drug-likeness (QED) is 0.215. The topological polar surface area (TPSA) is 104 Å². The van der Waals surface area contributed by atoms with Crippen LogP contribution in [0.25, 0.3) is 0 Å². The van der Waals surface area contributed by atoms with Crippen LogP contribution in [0.2, 0.25) is 0 Å². The van der Waals surface area contributed by atoms with Crippen molar-refractivity contribution in [1.29, 1.82) is 0 Å². The number of aliphatic hydroxyl groups is 2. The van der Waals surface area contributed by atoms with Crippen molar-refractivity contribution in [3.8, 4) is 0 Å². The number of carboxylic acid groups (broad SMARTS) is 1. The Morgan fingerprint density at radius 2 is 1.72 bits per heavy atom. The Labute approximate surface area is 150 Å². The fourth-order valence-corrected chi connectivity index (χ4v) is 2.89. The third-order valence-corrected chi connectivity index (χ3v) is 4.11. The zero-order valence-corrected chi connectivity index (χ0v) is 15.7. The Hall–Kier alpha value is -1.66. The molecule has 0 saturated heterocycles. The number of aliphatic hydroxyl groups excluding tert-OH is 2. The van der Waals surface area contributed by atoms with Crippen molar-refractivity contribution in [2.45, 2.75) is 59.0 Å². The zero-order chi connectivity index (χ0) is 19.4. The molecule has 0 heterocycles. The highest BCUT2D eigenvalue weighted by molar-refractivity contribution is 5.81. The SMILES string of the molecule is COC(=O)[C@H](CO)[C@@H](O)CCCC[C@H](C)C/C(C)=C/C(C)=C/C(=O)O. The first kappa shape index (κ1) is 23.3. The monoisotopic (exact) mass is 356 g/mol. The van der Waals surface area contributed by atoms with Gasteiger partial charge in [-0.05, 0) is 38.2 Å². The number of methoxy groups -OCH3 is 1. The molecule has 0 aliphatic carbocycles. The van der Waals surface area contributed by atoms with E-state index in [1.807, 2.05) is 13.0 Å². The highest BCUT2D eigenvalue weighted by atomic mass is 16.5. The summed E-state index contributed by atoms with van der Waals surface area (Å²) in [5, 5.41) is 27.8. The van der Waals surface area contributed by atoms with Gasteiger partial charge in [-0.25, -0.2) is 4.79 Å². The largest absolute Gasteiger partial charge is 0.478 e. The van der Waals surface area contributed by atoms with Crippen LogP contribution in [-0.2, 0) is 14.3 Å². The summed E-state index contributed by atoms with van der Waals surface area (Å²) in [7, 11) is 1.24. The van der Waals surface area contributed by atoms with Crippen molar-refractivity contribution in [3.05, 3.63) is 23.3 Å². The van der Waals surface area contributed by atoms with Gasteiger partial charge in [0.1, 0.15) is 5.92 Å². The number of rotatable bonds is 12. The second-order valence-electron chi connectivity index (χ2n) is 6.69. The van der Waals surface area contributed by atoms with Gasteiger partial charge in [0.15, 0.2) is 0 Å². The molecule has 0 amide bonds. The molecule has 6 nitrogen and oxygen atoms in total. The minimum Gasteiger partial charge on any atom is -0.478 e. The van der Waals surface area contributed by atoms with Crippen molar-refractivity contribution in [2.75, 3.05) is 13.7 Å². The molecule has 0 spiro atoms. The molecule has 0 aliphatic rings. The van der Waals surface area contributed by atoms with Crippen LogP contribution in [0.15, 0.2) is 23.3 Å². The molecule has 3 N–H and O–H groups in total. The molecule has 0 rings (SSSR count). The van der Waals surface area contributed by atoms with E-state index in [9.17, 15) is 14.7 Å².